The maximum atomic E-state index is 13.0. The Balaban J connectivity index is 1.17. The fourth-order valence-electron chi connectivity index (χ4n) is 9.99. The van der Waals surface area contributed by atoms with Crippen molar-refractivity contribution in [1.29, 1.82) is 0 Å². The highest BCUT2D eigenvalue weighted by atomic mass is 19.3. The second-order valence-corrected chi connectivity index (χ2v) is 14.1. The average Bonchev–Trinajstić information content (AvgIpc) is 3.20. The van der Waals surface area contributed by atoms with Gasteiger partial charge >= 0.3 is 0 Å². The Morgan fingerprint density at radius 1 is 1.08 bits per heavy atom. The summed E-state index contributed by atoms with van der Waals surface area (Å²) in [4.78, 5) is 14.7. The van der Waals surface area contributed by atoms with Crippen molar-refractivity contribution in [2.24, 2.45) is 40.4 Å². The Labute approximate surface area is 222 Å². The van der Waals surface area contributed by atoms with E-state index in [-0.39, 0.29) is 30.3 Å². The van der Waals surface area contributed by atoms with Crippen LogP contribution in [0.5, 0.6) is 0 Å². The molecule has 4 nitrogen and oxygen atoms in total. The standard InChI is InChI=1S/C31H49F2NO3/c1-20(4-9-28(36)34-16-14-31(37,15-17-34)19-27(32)33)24-7-8-25-23-6-5-21-18-22(35)10-12-29(21,2)26(23)11-13-30(24,25)3/h5,20,22-27,35,37H,4,6-19H2,1-3H3/t20-,22+,23+,24-,25+,26+,29+,30-/m1/s1. The highest BCUT2D eigenvalue weighted by Gasteiger charge is 2.59. The predicted molar refractivity (Wildman–Crippen MR) is 141 cm³/mol. The van der Waals surface area contributed by atoms with Crippen LogP contribution in [0.2, 0.25) is 0 Å². The summed E-state index contributed by atoms with van der Waals surface area (Å²) >= 11 is 0. The van der Waals surface area contributed by atoms with Gasteiger partial charge in [0, 0.05) is 25.9 Å². The second kappa shape index (κ2) is 10.2. The molecule has 0 radical (unpaired) electrons. The summed E-state index contributed by atoms with van der Waals surface area (Å²) < 4.78 is 25.5. The summed E-state index contributed by atoms with van der Waals surface area (Å²) in [5.41, 5.74) is 0.822. The molecule has 3 saturated carbocycles. The first-order chi connectivity index (χ1) is 17.4. The van der Waals surface area contributed by atoms with Gasteiger partial charge in [0.25, 0.3) is 0 Å². The molecule has 0 aromatic rings. The molecular formula is C31H49F2NO3. The first-order valence-corrected chi connectivity index (χ1v) is 15.1. The number of hydrogen-bond acceptors (Lipinski definition) is 3. The maximum absolute atomic E-state index is 13.0. The number of amides is 1. The van der Waals surface area contributed by atoms with Crippen molar-refractivity contribution >= 4 is 5.91 Å². The van der Waals surface area contributed by atoms with E-state index in [9.17, 15) is 23.8 Å². The van der Waals surface area contributed by atoms with E-state index in [1.54, 1.807) is 4.90 Å². The van der Waals surface area contributed by atoms with E-state index in [1.165, 1.54) is 37.7 Å². The Morgan fingerprint density at radius 2 is 1.81 bits per heavy atom. The molecule has 6 heteroatoms. The number of rotatable bonds is 6. The number of allylic oxidation sites excluding steroid dienone is 1. The first-order valence-electron chi connectivity index (χ1n) is 15.1. The van der Waals surface area contributed by atoms with Gasteiger partial charge in [0.05, 0.1) is 11.7 Å². The lowest BCUT2D eigenvalue weighted by atomic mass is 9.47. The molecule has 1 amide bonds. The van der Waals surface area contributed by atoms with Crippen molar-refractivity contribution in [2.45, 2.75) is 122 Å². The molecule has 4 fully saturated rings. The molecule has 0 bridgehead atoms. The number of aliphatic hydroxyl groups is 2. The molecule has 0 spiro atoms. The SMILES string of the molecule is C[C@H](CCC(=O)N1CCC(O)(CC(F)F)CC1)[C@H]1CC[C@H]2[C@@H]3CC=C4C[C@@H](O)CC[C@]4(C)[C@H]3CC[C@]12C. The van der Waals surface area contributed by atoms with E-state index in [0.717, 1.165) is 43.4 Å². The Morgan fingerprint density at radius 3 is 2.51 bits per heavy atom. The van der Waals surface area contributed by atoms with Crippen LogP contribution in [0.1, 0.15) is 104 Å². The van der Waals surface area contributed by atoms with Crippen molar-refractivity contribution in [3.8, 4) is 0 Å². The van der Waals surface area contributed by atoms with E-state index in [2.05, 4.69) is 26.8 Å². The number of carbonyl (C=O) groups is 1. The molecule has 8 atom stereocenters. The second-order valence-electron chi connectivity index (χ2n) is 14.1. The van der Waals surface area contributed by atoms with Crippen LogP contribution in [-0.2, 0) is 4.79 Å². The van der Waals surface area contributed by atoms with Crippen molar-refractivity contribution in [1.82, 2.24) is 4.90 Å². The minimum absolute atomic E-state index is 0.117. The van der Waals surface area contributed by atoms with Gasteiger partial charge in [0.2, 0.25) is 12.3 Å². The van der Waals surface area contributed by atoms with Crippen molar-refractivity contribution < 1.29 is 23.8 Å². The highest BCUT2D eigenvalue weighted by molar-refractivity contribution is 5.76. The number of alkyl halides is 2. The van der Waals surface area contributed by atoms with Crippen LogP contribution < -0.4 is 0 Å². The molecule has 210 valence electrons. The summed E-state index contributed by atoms with van der Waals surface area (Å²) in [6.07, 6.45) is 10.5. The third-order valence-corrected chi connectivity index (χ3v) is 12.2. The largest absolute Gasteiger partial charge is 0.393 e. The quantitative estimate of drug-likeness (QED) is 0.400. The number of likely N-dealkylation sites (tertiary alicyclic amines) is 1. The van der Waals surface area contributed by atoms with Gasteiger partial charge in [-0.05, 0) is 111 Å². The van der Waals surface area contributed by atoms with E-state index < -0.39 is 18.4 Å². The first kappa shape index (κ1) is 27.6. The van der Waals surface area contributed by atoms with Crippen LogP contribution in [0, 0.1) is 40.4 Å². The molecule has 37 heavy (non-hydrogen) atoms. The van der Waals surface area contributed by atoms with Gasteiger partial charge in [0.1, 0.15) is 0 Å². The maximum Gasteiger partial charge on any atom is 0.241 e. The normalized spacial score (nSPS) is 42.0. The van der Waals surface area contributed by atoms with E-state index in [4.69, 9.17) is 0 Å². The lowest BCUT2D eigenvalue weighted by Gasteiger charge is -2.58. The van der Waals surface area contributed by atoms with Crippen LogP contribution in [0.25, 0.3) is 0 Å². The minimum atomic E-state index is -2.51. The highest BCUT2D eigenvalue weighted by Crippen LogP contribution is 2.67. The van der Waals surface area contributed by atoms with Crippen LogP contribution in [0.3, 0.4) is 0 Å². The molecule has 4 aliphatic carbocycles. The van der Waals surface area contributed by atoms with Crippen LogP contribution in [0.15, 0.2) is 11.6 Å². The molecule has 1 saturated heterocycles. The molecule has 5 aliphatic rings. The number of fused-ring (bicyclic) bond motifs is 5. The minimum Gasteiger partial charge on any atom is -0.393 e. The summed E-state index contributed by atoms with van der Waals surface area (Å²) in [6.45, 7) is 8.14. The van der Waals surface area contributed by atoms with Crippen LogP contribution in [0.4, 0.5) is 8.78 Å². The fourth-order valence-corrected chi connectivity index (χ4v) is 9.99. The summed E-state index contributed by atoms with van der Waals surface area (Å²) in [6, 6.07) is 0. The van der Waals surface area contributed by atoms with E-state index >= 15 is 0 Å². The zero-order valence-corrected chi connectivity index (χ0v) is 23.2. The van der Waals surface area contributed by atoms with Gasteiger partial charge in [-0.3, -0.25) is 4.79 Å². The number of hydrogen-bond donors (Lipinski definition) is 2. The number of nitrogens with zero attached hydrogens (tertiary/aromatic N) is 1. The van der Waals surface area contributed by atoms with Crippen molar-refractivity contribution in [3.63, 3.8) is 0 Å². The number of piperidine rings is 1. The average molecular weight is 522 g/mol. The molecular weight excluding hydrogens is 472 g/mol. The monoisotopic (exact) mass is 521 g/mol. The summed E-state index contributed by atoms with van der Waals surface area (Å²) in [5.74, 6) is 3.51. The van der Waals surface area contributed by atoms with Crippen molar-refractivity contribution in [2.75, 3.05) is 13.1 Å². The molecule has 0 unspecified atom stereocenters. The van der Waals surface area contributed by atoms with E-state index in [0.29, 0.717) is 36.8 Å². The van der Waals surface area contributed by atoms with Gasteiger partial charge in [-0.1, -0.05) is 32.4 Å². The molecule has 1 heterocycles. The fraction of sp³-hybridized carbons (Fsp3) is 0.903. The topological polar surface area (TPSA) is 60.8 Å². The summed E-state index contributed by atoms with van der Waals surface area (Å²) in [7, 11) is 0. The van der Waals surface area contributed by atoms with Crippen LogP contribution >= 0.6 is 0 Å². The number of aliphatic hydroxyl groups excluding tert-OH is 1. The zero-order valence-electron chi connectivity index (χ0n) is 23.2. The van der Waals surface area contributed by atoms with Gasteiger partial charge in [-0.2, -0.15) is 0 Å². The predicted octanol–water partition coefficient (Wildman–Crippen LogP) is 6.35. The molecule has 5 rings (SSSR count). The Bertz CT molecular complexity index is 884. The third kappa shape index (κ3) is 5.03. The Hall–Kier alpha value is -1.01. The lowest BCUT2D eigenvalue weighted by molar-refractivity contribution is -0.137. The summed E-state index contributed by atoms with van der Waals surface area (Å²) in [5, 5.41) is 20.6. The molecule has 0 aromatic carbocycles. The number of carbonyl (C=O) groups excluding carboxylic acids is 1. The van der Waals surface area contributed by atoms with Crippen LogP contribution in [-0.4, -0.2) is 52.2 Å². The van der Waals surface area contributed by atoms with Gasteiger partial charge in [0.15, 0.2) is 0 Å². The zero-order chi connectivity index (χ0) is 26.6. The lowest BCUT2D eigenvalue weighted by Crippen LogP contribution is -2.50. The van der Waals surface area contributed by atoms with Crippen molar-refractivity contribution in [3.05, 3.63) is 11.6 Å². The number of halogens is 2. The third-order valence-electron chi connectivity index (χ3n) is 12.2. The smallest absolute Gasteiger partial charge is 0.241 e. The van der Waals surface area contributed by atoms with E-state index in [1.807, 2.05) is 0 Å². The van der Waals surface area contributed by atoms with Gasteiger partial charge in [-0.15, -0.1) is 0 Å². The molecule has 2 N–H and O–H groups in total. The van der Waals surface area contributed by atoms with Gasteiger partial charge in [-0.25, -0.2) is 8.78 Å². The molecule has 0 aromatic heterocycles. The van der Waals surface area contributed by atoms with Gasteiger partial charge < -0.3 is 15.1 Å². The molecule has 1 aliphatic heterocycles. The Kier molecular flexibility index (Phi) is 7.59.